The molecule has 1 unspecified atom stereocenters. The van der Waals surface area contributed by atoms with Crippen molar-refractivity contribution in [2.24, 2.45) is 0 Å². The Balaban J connectivity index is 2.33. The van der Waals surface area contributed by atoms with E-state index in [1.807, 2.05) is 13.0 Å². The van der Waals surface area contributed by atoms with Gasteiger partial charge in [-0.05, 0) is 43.0 Å². The van der Waals surface area contributed by atoms with Gasteiger partial charge in [-0.2, -0.15) is 0 Å². The van der Waals surface area contributed by atoms with Gasteiger partial charge < -0.3 is 10.1 Å². The summed E-state index contributed by atoms with van der Waals surface area (Å²) >= 11 is 0. The van der Waals surface area contributed by atoms with Gasteiger partial charge in [-0.15, -0.1) is 0 Å². The van der Waals surface area contributed by atoms with Crippen LogP contribution >= 0.6 is 0 Å². The molecule has 1 aliphatic heterocycles. The van der Waals surface area contributed by atoms with Crippen LogP contribution in [-0.2, 0) is 0 Å². The number of aryl methyl sites for hydroxylation is 1. The molecule has 3 heteroatoms. The highest BCUT2D eigenvalue weighted by Crippen LogP contribution is 2.29. The molecule has 1 aromatic carbocycles. The number of hydrogen-bond acceptors (Lipinski definition) is 2. The zero-order chi connectivity index (χ0) is 10.8. The second-order valence-electron chi connectivity index (χ2n) is 4.04. The van der Waals surface area contributed by atoms with E-state index in [0.29, 0.717) is 11.7 Å². The Hall–Kier alpha value is -1.09. The molecule has 1 saturated heterocycles. The molecule has 1 fully saturated rings. The summed E-state index contributed by atoms with van der Waals surface area (Å²) in [5.41, 5.74) is 1.95. The minimum Gasteiger partial charge on any atom is -0.493 e. The van der Waals surface area contributed by atoms with Gasteiger partial charge in [0.2, 0.25) is 0 Å². The topological polar surface area (TPSA) is 21.3 Å². The molecule has 0 bridgehead atoms. The van der Waals surface area contributed by atoms with Gasteiger partial charge in [-0.3, -0.25) is 0 Å². The van der Waals surface area contributed by atoms with Gasteiger partial charge in [0, 0.05) is 6.54 Å². The van der Waals surface area contributed by atoms with E-state index in [4.69, 9.17) is 4.74 Å². The molecule has 0 aliphatic carbocycles. The Bertz CT molecular complexity index is 336. The third-order valence-corrected chi connectivity index (χ3v) is 2.99. The van der Waals surface area contributed by atoms with Crippen LogP contribution in [-0.4, -0.2) is 20.2 Å². The van der Waals surface area contributed by atoms with Gasteiger partial charge in [0.1, 0.15) is 0 Å². The number of ether oxygens (including phenoxy) is 1. The van der Waals surface area contributed by atoms with Crippen molar-refractivity contribution in [3.05, 3.63) is 29.1 Å². The van der Waals surface area contributed by atoms with E-state index in [-0.39, 0.29) is 5.82 Å². The average Bonchev–Trinajstić information content (AvgIpc) is 2.69. The van der Waals surface area contributed by atoms with Crippen LogP contribution in [0.15, 0.2) is 12.1 Å². The maximum atomic E-state index is 13.6. The summed E-state index contributed by atoms with van der Waals surface area (Å²) in [4.78, 5) is 0. The Morgan fingerprint density at radius 1 is 1.47 bits per heavy atom. The van der Waals surface area contributed by atoms with Crippen LogP contribution in [0, 0.1) is 12.7 Å². The van der Waals surface area contributed by atoms with Crippen molar-refractivity contribution >= 4 is 0 Å². The van der Waals surface area contributed by atoms with Crippen LogP contribution in [0.1, 0.15) is 23.5 Å². The fraction of sp³-hybridized carbons (Fsp3) is 0.500. The molecule has 0 spiro atoms. The van der Waals surface area contributed by atoms with Crippen molar-refractivity contribution in [2.45, 2.75) is 19.3 Å². The van der Waals surface area contributed by atoms with Crippen LogP contribution < -0.4 is 10.1 Å². The van der Waals surface area contributed by atoms with Crippen molar-refractivity contribution in [1.82, 2.24) is 5.32 Å². The fourth-order valence-electron chi connectivity index (χ4n) is 2.19. The van der Waals surface area contributed by atoms with Gasteiger partial charge in [0.25, 0.3) is 0 Å². The summed E-state index contributed by atoms with van der Waals surface area (Å²) in [6.45, 7) is 3.86. The summed E-state index contributed by atoms with van der Waals surface area (Å²) in [5, 5.41) is 3.28. The maximum absolute atomic E-state index is 13.6. The normalized spacial score (nSPS) is 20.6. The number of nitrogens with one attached hydrogen (secondary N) is 1. The van der Waals surface area contributed by atoms with E-state index < -0.39 is 0 Å². The third kappa shape index (κ3) is 1.97. The zero-order valence-electron chi connectivity index (χ0n) is 9.14. The lowest BCUT2D eigenvalue weighted by atomic mass is 9.96. The Kier molecular flexibility index (Phi) is 2.91. The molecule has 2 rings (SSSR count). The highest BCUT2D eigenvalue weighted by atomic mass is 19.1. The molecule has 0 aromatic heterocycles. The minimum absolute atomic E-state index is 0.251. The number of hydrogen-bond donors (Lipinski definition) is 1. The summed E-state index contributed by atoms with van der Waals surface area (Å²) in [6.07, 6.45) is 1.09. The second-order valence-corrected chi connectivity index (χ2v) is 4.04. The molecule has 1 N–H and O–H groups in total. The number of methoxy groups -OCH3 is 1. The van der Waals surface area contributed by atoms with E-state index in [2.05, 4.69) is 5.32 Å². The van der Waals surface area contributed by atoms with Crippen molar-refractivity contribution in [2.75, 3.05) is 20.2 Å². The Labute approximate surface area is 89.4 Å². The second kappa shape index (κ2) is 4.19. The third-order valence-electron chi connectivity index (χ3n) is 2.99. The van der Waals surface area contributed by atoms with E-state index in [9.17, 15) is 4.39 Å². The lowest BCUT2D eigenvalue weighted by Crippen LogP contribution is -2.08. The summed E-state index contributed by atoms with van der Waals surface area (Å²) < 4.78 is 18.6. The monoisotopic (exact) mass is 209 g/mol. The predicted octanol–water partition coefficient (Wildman–Crippen LogP) is 2.22. The molecule has 0 saturated carbocycles. The van der Waals surface area contributed by atoms with Crippen molar-refractivity contribution in [1.29, 1.82) is 0 Å². The standard InChI is InChI=1S/C12H16FNO/c1-8-5-10(9-3-4-14-7-9)6-11(13)12(8)15-2/h5-6,9,14H,3-4,7H2,1-2H3. The van der Waals surface area contributed by atoms with Crippen LogP contribution in [0.4, 0.5) is 4.39 Å². The number of rotatable bonds is 2. The van der Waals surface area contributed by atoms with Crippen molar-refractivity contribution < 1.29 is 9.13 Å². The molecular formula is C12H16FNO. The van der Waals surface area contributed by atoms with E-state index in [1.165, 1.54) is 7.11 Å². The van der Waals surface area contributed by atoms with Gasteiger partial charge in [-0.1, -0.05) is 6.07 Å². The summed E-state index contributed by atoms with van der Waals surface area (Å²) in [5.74, 6) is 0.563. The Morgan fingerprint density at radius 2 is 2.27 bits per heavy atom. The van der Waals surface area contributed by atoms with Crippen molar-refractivity contribution in [3.63, 3.8) is 0 Å². The molecule has 82 valence electrons. The van der Waals surface area contributed by atoms with Gasteiger partial charge in [0.15, 0.2) is 11.6 Å². The smallest absolute Gasteiger partial charge is 0.165 e. The van der Waals surface area contributed by atoms with Gasteiger partial charge in [-0.25, -0.2) is 4.39 Å². The lowest BCUT2D eigenvalue weighted by molar-refractivity contribution is 0.382. The first-order valence-corrected chi connectivity index (χ1v) is 5.27. The minimum atomic E-state index is -0.251. The first-order chi connectivity index (χ1) is 7.22. The summed E-state index contributed by atoms with van der Waals surface area (Å²) in [7, 11) is 1.50. The fourth-order valence-corrected chi connectivity index (χ4v) is 2.19. The molecule has 1 aromatic rings. The maximum Gasteiger partial charge on any atom is 0.165 e. The lowest BCUT2D eigenvalue weighted by Gasteiger charge is -2.13. The molecular weight excluding hydrogens is 193 g/mol. The molecule has 2 nitrogen and oxygen atoms in total. The highest BCUT2D eigenvalue weighted by Gasteiger charge is 2.19. The molecule has 1 atom stereocenters. The Morgan fingerprint density at radius 3 is 2.80 bits per heavy atom. The number of benzene rings is 1. The van der Waals surface area contributed by atoms with E-state index in [0.717, 1.165) is 30.6 Å². The zero-order valence-corrected chi connectivity index (χ0v) is 9.14. The predicted molar refractivity (Wildman–Crippen MR) is 57.9 cm³/mol. The van der Waals surface area contributed by atoms with Gasteiger partial charge in [0.05, 0.1) is 7.11 Å². The highest BCUT2D eigenvalue weighted by molar-refractivity contribution is 5.39. The first kappa shape index (κ1) is 10.4. The number of halogens is 1. The van der Waals surface area contributed by atoms with Crippen LogP contribution in [0.2, 0.25) is 0 Å². The van der Waals surface area contributed by atoms with Crippen LogP contribution in [0.25, 0.3) is 0 Å². The van der Waals surface area contributed by atoms with E-state index >= 15 is 0 Å². The molecule has 1 heterocycles. The van der Waals surface area contributed by atoms with Crippen LogP contribution in [0.3, 0.4) is 0 Å². The molecule has 0 radical (unpaired) electrons. The van der Waals surface area contributed by atoms with Crippen molar-refractivity contribution in [3.8, 4) is 5.75 Å². The van der Waals surface area contributed by atoms with E-state index in [1.54, 1.807) is 6.07 Å². The first-order valence-electron chi connectivity index (χ1n) is 5.27. The summed E-state index contributed by atoms with van der Waals surface area (Å²) in [6, 6.07) is 3.63. The quantitative estimate of drug-likeness (QED) is 0.806. The average molecular weight is 209 g/mol. The largest absolute Gasteiger partial charge is 0.493 e. The van der Waals surface area contributed by atoms with Crippen LogP contribution in [0.5, 0.6) is 5.75 Å². The van der Waals surface area contributed by atoms with Gasteiger partial charge >= 0.3 is 0 Å². The molecule has 15 heavy (non-hydrogen) atoms. The SMILES string of the molecule is COc1c(C)cc(C2CCNC2)cc1F. The molecule has 1 aliphatic rings. The molecule has 0 amide bonds.